The van der Waals surface area contributed by atoms with E-state index in [9.17, 15) is 0 Å². The van der Waals surface area contributed by atoms with E-state index in [0.29, 0.717) is 12.2 Å². The van der Waals surface area contributed by atoms with E-state index in [2.05, 4.69) is 27.7 Å². The Balaban J connectivity index is 3.13. The molecule has 0 saturated carbocycles. The first-order valence-corrected chi connectivity index (χ1v) is 5.08. The molecule has 0 aliphatic heterocycles. The van der Waals surface area contributed by atoms with Crippen molar-refractivity contribution in [2.45, 2.75) is 52.7 Å². The molecule has 2 unspecified atom stereocenters. The Labute approximate surface area is 71.6 Å². The van der Waals surface area contributed by atoms with Crippen LogP contribution in [0.1, 0.15) is 40.5 Å². The first-order chi connectivity index (χ1) is 5.20. The Kier molecular flexibility index (Phi) is 7.25. The zero-order chi connectivity index (χ0) is 8.69. The minimum absolute atomic E-state index is 0.207. The molecule has 0 amide bonds. The van der Waals surface area contributed by atoms with Gasteiger partial charge < -0.3 is 9.05 Å². The highest BCUT2D eigenvalue weighted by Crippen LogP contribution is 2.21. The summed E-state index contributed by atoms with van der Waals surface area (Å²) in [6.45, 7) is 8.34. The van der Waals surface area contributed by atoms with Crippen molar-refractivity contribution >= 4 is 9.03 Å². The van der Waals surface area contributed by atoms with Gasteiger partial charge in [-0.05, 0) is 26.7 Å². The minimum Gasteiger partial charge on any atom is -0.333 e. The molecule has 0 aromatic heterocycles. The van der Waals surface area contributed by atoms with Crippen LogP contribution in [0.4, 0.5) is 0 Å². The second-order valence-electron chi connectivity index (χ2n) is 2.76. The summed E-state index contributed by atoms with van der Waals surface area (Å²) in [6, 6.07) is 0. The molecule has 0 radical (unpaired) electrons. The molecule has 0 heterocycles. The number of hydrogen-bond donors (Lipinski definition) is 0. The first kappa shape index (κ1) is 11.4. The first-order valence-electron chi connectivity index (χ1n) is 4.27. The maximum absolute atomic E-state index is 5.37. The van der Waals surface area contributed by atoms with Crippen LogP contribution < -0.4 is 0 Å². The van der Waals surface area contributed by atoms with Crippen molar-refractivity contribution in [3.05, 3.63) is 0 Å². The van der Waals surface area contributed by atoms with Crippen molar-refractivity contribution in [1.29, 1.82) is 0 Å². The molecule has 0 spiro atoms. The quantitative estimate of drug-likeness (QED) is 0.582. The van der Waals surface area contributed by atoms with Crippen molar-refractivity contribution in [1.82, 2.24) is 0 Å². The van der Waals surface area contributed by atoms with Gasteiger partial charge in [0.15, 0.2) is 9.03 Å². The summed E-state index contributed by atoms with van der Waals surface area (Å²) in [5.74, 6) is 0. The highest BCUT2D eigenvalue weighted by atomic mass is 31.1. The Hall–Kier alpha value is 0.350. The molecule has 11 heavy (non-hydrogen) atoms. The van der Waals surface area contributed by atoms with Crippen molar-refractivity contribution < 1.29 is 9.05 Å². The van der Waals surface area contributed by atoms with E-state index < -0.39 is 0 Å². The molecule has 0 fully saturated rings. The van der Waals surface area contributed by atoms with E-state index >= 15 is 0 Å². The second kappa shape index (κ2) is 7.02. The predicted molar refractivity (Wildman–Crippen MR) is 50.0 cm³/mol. The van der Waals surface area contributed by atoms with Crippen molar-refractivity contribution in [2.75, 3.05) is 0 Å². The van der Waals surface area contributed by atoms with Crippen molar-refractivity contribution in [3.8, 4) is 0 Å². The van der Waals surface area contributed by atoms with Gasteiger partial charge >= 0.3 is 0 Å². The van der Waals surface area contributed by atoms with Gasteiger partial charge in [-0.1, -0.05) is 13.8 Å². The standard InChI is InChI=1S/C8H19O2P/c1-5-7(3)9-11-10-8(4)6-2/h7-8,11H,5-6H2,1-4H3. The summed E-state index contributed by atoms with van der Waals surface area (Å²) >= 11 is 0. The van der Waals surface area contributed by atoms with Crippen LogP contribution in [0.15, 0.2) is 0 Å². The lowest BCUT2D eigenvalue weighted by Gasteiger charge is -2.13. The average molecular weight is 178 g/mol. The second-order valence-corrected chi connectivity index (χ2v) is 3.39. The molecule has 0 N–H and O–H groups in total. The summed E-state index contributed by atoms with van der Waals surface area (Å²) in [4.78, 5) is 0. The fraction of sp³-hybridized carbons (Fsp3) is 1.00. The summed E-state index contributed by atoms with van der Waals surface area (Å²) < 4.78 is 10.7. The third-order valence-corrected chi connectivity index (χ3v) is 2.65. The number of hydrogen-bond acceptors (Lipinski definition) is 2. The lowest BCUT2D eigenvalue weighted by atomic mass is 10.3. The summed E-state index contributed by atoms with van der Waals surface area (Å²) in [5, 5.41) is 0. The van der Waals surface area contributed by atoms with E-state index in [-0.39, 0.29) is 9.03 Å². The highest BCUT2D eigenvalue weighted by Gasteiger charge is 2.01. The Morgan fingerprint density at radius 2 is 1.36 bits per heavy atom. The van der Waals surface area contributed by atoms with Gasteiger partial charge in [0.05, 0.1) is 12.2 Å². The van der Waals surface area contributed by atoms with E-state index in [0.717, 1.165) is 12.8 Å². The molecule has 0 saturated heterocycles. The van der Waals surface area contributed by atoms with Gasteiger partial charge in [-0.3, -0.25) is 0 Å². The minimum atomic E-state index is 0.207. The van der Waals surface area contributed by atoms with E-state index in [1.165, 1.54) is 0 Å². The van der Waals surface area contributed by atoms with E-state index in [4.69, 9.17) is 9.05 Å². The molecule has 0 rings (SSSR count). The van der Waals surface area contributed by atoms with Crippen LogP contribution in [-0.4, -0.2) is 12.2 Å². The lowest BCUT2D eigenvalue weighted by Crippen LogP contribution is -2.03. The fourth-order valence-electron chi connectivity index (χ4n) is 0.359. The van der Waals surface area contributed by atoms with Crippen LogP contribution in [0.2, 0.25) is 0 Å². The molecule has 0 aromatic rings. The summed E-state index contributed by atoms with van der Waals surface area (Å²) in [6.07, 6.45) is 2.77. The van der Waals surface area contributed by atoms with Crippen molar-refractivity contribution in [3.63, 3.8) is 0 Å². The number of rotatable bonds is 6. The van der Waals surface area contributed by atoms with Gasteiger partial charge in [-0.2, -0.15) is 0 Å². The molecule has 0 aromatic carbocycles. The Bertz CT molecular complexity index is 78.2. The van der Waals surface area contributed by atoms with Gasteiger partial charge in [0.2, 0.25) is 0 Å². The molecule has 2 atom stereocenters. The van der Waals surface area contributed by atoms with Crippen LogP contribution in [-0.2, 0) is 9.05 Å². The van der Waals surface area contributed by atoms with E-state index in [1.807, 2.05) is 0 Å². The summed E-state index contributed by atoms with van der Waals surface area (Å²) in [7, 11) is 0.207. The lowest BCUT2D eigenvalue weighted by molar-refractivity contribution is 0.169. The molecule has 3 heteroatoms. The molecule has 0 aliphatic carbocycles. The molecule has 0 aliphatic rings. The van der Waals surface area contributed by atoms with Crippen LogP contribution in [0.3, 0.4) is 0 Å². The topological polar surface area (TPSA) is 18.5 Å². The van der Waals surface area contributed by atoms with Gasteiger partial charge in [-0.15, -0.1) is 0 Å². The van der Waals surface area contributed by atoms with Gasteiger partial charge in [0, 0.05) is 0 Å². The van der Waals surface area contributed by atoms with Crippen LogP contribution >= 0.6 is 9.03 Å². The van der Waals surface area contributed by atoms with Crippen LogP contribution in [0.5, 0.6) is 0 Å². The smallest absolute Gasteiger partial charge is 0.155 e. The SMILES string of the molecule is CCC(C)OPOC(C)CC. The monoisotopic (exact) mass is 178 g/mol. The zero-order valence-corrected chi connectivity index (χ0v) is 8.89. The van der Waals surface area contributed by atoms with Gasteiger partial charge in [0.1, 0.15) is 0 Å². The largest absolute Gasteiger partial charge is 0.333 e. The van der Waals surface area contributed by atoms with Gasteiger partial charge in [-0.25, -0.2) is 0 Å². The van der Waals surface area contributed by atoms with Crippen LogP contribution in [0.25, 0.3) is 0 Å². The fourth-order valence-corrected chi connectivity index (χ4v) is 1.08. The molecule has 2 nitrogen and oxygen atoms in total. The van der Waals surface area contributed by atoms with Crippen LogP contribution in [0, 0.1) is 0 Å². The molecular formula is C8H19O2P. The maximum Gasteiger partial charge on any atom is 0.155 e. The van der Waals surface area contributed by atoms with Crippen molar-refractivity contribution in [2.24, 2.45) is 0 Å². The highest BCUT2D eigenvalue weighted by molar-refractivity contribution is 7.26. The molecule has 68 valence electrons. The van der Waals surface area contributed by atoms with Gasteiger partial charge in [0.25, 0.3) is 0 Å². The Morgan fingerprint density at radius 3 is 1.64 bits per heavy atom. The molecule has 0 bridgehead atoms. The average Bonchev–Trinajstić information content (AvgIpc) is 2.04. The summed E-state index contributed by atoms with van der Waals surface area (Å²) in [5.41, 5.74) is 0. The van der Waals surface area contributed by atoms with E-state index in [1.54, 1.807) is 0 Å². The Morgan fingerprint density at radius 1 is 1.00 bits per heavy atom. The normalized spacial score (nSPS) is 17.5. The predicted octanol–water partition coefficient (Wildman–Crippen LogP) is 3.13. The zero-order valence-electron chi connectivity index (χ0n) is 7.89. The third kappa shape index (κ3) is 6.74. The molecular weight excluding hydrogens is 159 g/mol. The third-order valence-electron chi connectivity index (χ3n) is 1.65. The maximum atomic E-state index is 5.37.